The highest BCUT2D eigenvalue weighted by Crippen LogP contribution is 2.16. The number of aliphatic hydroxyl groups is 1. The Hall–Kier alpha value is -1.30. The molecular formula is C14H22ClN3O2. The van der Waals surface area contributed by atoms with Crippen LogP contribution in [0.2, 0.25) is 5.02 Å². The van der Waals surface area contributed by atoms with Gasteiger partial charge in [0.1, 0.15) is 0 Å². The molecule has 4 N–H and O–H groups in total. The van der Waals surface area contributed by atoms with Gasteiger partial charge in [0.2, 0.25) is 0 Å². The first-order valence-corrected chi connectivity index (χ1v) is 7.06. The Morgan fingerprint density at radius 2 is 2.15 bits per heavy atom. The number of aliphatic imine (C=N–C) groups is 1. The van der Waals surface area contributed by atoms with Crippen molar-refractivity contribution in [3.8, 4) is 0 Å². The largest absolute Gasteiger partial charge is 0.386 e. The van der Waals surface area contributed by atoms with Gasteiger partial charge >= 0.3 is 0 Å². The average molecular weight is 300 g/mol. The molecule has 6 heteroatoms. The summed E-state index contributed by atoms with van der Waals surface area (Å²) in [6, 6.07) is 7.01. The summed E-state index contributed by atoms with van der Waals surface area (Å²) in [4.78, 5) is 4.10. The Kier molecular flexibility index (Phi) is 8.02. The van der Waals surface area contributed by atoms with E-state index in [0.717, 1.165) is 18.6 Å². The fraction of sp³-hybridized carbons (Fsp3) is 0.500. The number of aliphatic hydroxyl groups excluding tert-OH is 1. The normalized spacial score (nSPS) is 13.2. The number of nitrogens with one attached hydrogen (secondary N) is 1. The van der Waals surface area contributed by atoms with Crippen LogP contribution in [0.4, 0.5) is 0 Å². The van der Waals surface area contributed by atoms with Crippen LogP contribution in [0.5, 0.6) is 0 Å². The number of guanidine groups is 1. The Morgan fingerprint density at radius 1 is 1.45 bits per heavy atom. The van der Waals surface area contributed by atoms with Crippen molar-refractivity contribution in [2.45, 2.75) is 19.4 Å². The molecule has 0 saturated carbocycles. The van der Waals surface area contributed by atoms with Crippen LogP contribution in [0.15, 0.2) is 29.3 Å². The van der Waals surface area contributed by atoms with Crippen molar-refractivity contribution in [2.24, 2.45) is 10.7 Å². The van der Waals surface area contributed by atoms with Crippen molar-refractivity contribution in [3.05, 3.63) is 34.9 Å². The molecule has 0 fully saturated rings. The van der Waals surface area contributed by atoms with Crippen LogP contribution in [-0.2, 0) is 4.74 Å². The van der Waals surface area contributed by atoms with Crippen molar-refractivity contribution in [3.63, 3.8) is 0 Å². The van der Waals surface area contributed by atoms with E-state index in [1.165, 1.54) is 0 Å². The van der Waals surface area contributed by atoms with E-state index in [4.69, 9.17) is 22.1 Å². The van der Waals surface area contributed by atoms with Crippen molar-refractivity contribution < 1.29 is 9.84 Å². The summed E-state index contributed by atoms with van der Waals surface area (Å²) >= 11 is 5.79. The van der Waals surface area contributed by atoms with E-state index in [1.54, 1.807) is 24.3 Å². The number of ether oxygens (including phenoxy) is 1. The van der Waals surface area contributed by atoms with Crippen LogP contribution >= 0.6 is 11.6 Å². The number of benzene rings is 1. The van der Waals surface area contributed by atoms with Crippen LogP contribution in [0, 0.1) is 0 Å². The number of nitrogens with two attached hydrogens (primary N) is 1. The van der Waals surface area contributed by atoms with Crippen LogP contribution in [0.1, 0.15) is 25.0 Å². The Bertz CT molecular complexity index is 409. The Morgan fingerprint density at radius 3 is 2.80 bits per heavy atom. The lowest BCUT2D eigenvalue weighted by molar-refractivity contribution is 0.145. The second-order valence-corrected chi connectivity index (χ2v) is 4.71. The molecule has 0 heterocycles. The standard InChI is InChI=1S/C14H22ClN3O2/c1-2-20-9-3-8-17-14(16)18-10-13(19)11-4-6-12(15)7-5-11/h4-7,13,19H,2-3,8-10H2,1H3,(H3,16,17,18)/t13-/m1/s1. The molecule has 0 aromatic heterocycles. The Balaban J connectivity index is 2.29. The summed E-state index contributed by atoms with van der Waals surface area (Å²) in [5, 5.41) is 13.6. The van der Waals surface area contributed by atoms with Crippen molar-refractivity contribution in [2.75, 3.05) is 26.3 Å². The van der Waals surface area contributed by atoms with Gasteiger partial charge in [-0.25, -0.2) is 0 Å². The number of halogens is 1. The van der Waals surface area contributed by atoms with Gasteiger partial charge in [-0.2, -0.15) is 0 Å². The molecule has 1 aromatic rings. The van der Waals surface area contributed by atoms with Crippen molar-refractivity contribution in [1.82, 2.24) is 5.32 Å². The van der Waals surface area contributed by atoms with Gasteiger partial charge in [-0.3, -0.25) is 4.99 Å². The third kappa shape index (κ3) is 6.75. The molecule has 0 aliphatic carbocycles. The fourth-order valence-corrected chi connectivity index (χ4v) is 1.69. The molecule has 0 amide bonds. The quantitative estimate of drug-likeness (QED) is 0.388. The van der Waals surface area contributed by atoms with Crippen LogP contribution in [0.25, 0.3) is 0 Å². The first-order chi connectivity index (χ1) is 9.63. The van der Waals surface area contributed by atoms with E-state index < -0.39 is 6.10 Å². The van der Waals surface area contributed by atoms with E-state index in [1.807, 2.05) is 6.92 Å². The molecule has 1 aromatic carbocycles. The van der Waals surface area contributed by atoms with Crippen molar-refractivity contribution in [1.29, 1.82) is 0 Å². The maximum atomic E-state index is 9.95. The second-order valence-electron chi connectivity index (χ2n) is 4.27. The monoisotopic (exact) mass is 299 g/mol. The summed E-state index contributed by atoms with van der Waals surface area (Å²) < 4.78 is 5.21. The summed E-state index contributed by atoms with van der Waals surface area (Å²) in [7, 11) is 0. The van der Waals surface area contributed by atoms with Gasteiger partial charge in [-0.15, -0.1) is 0 Å². The molecule has 0 spiro atoms. The molecule has 112 valence electrons. The van der Waals surface area contributed by atoms with Crippen LogP contribution < -0.4 is 11.1 Å². The highest BCUT2D eigenvalue weighted by Gasteiger charge is 2.06. The third-order valence-electron chi connectivity index (χ3n) is 2.67. The third-order valence-corrected chi connectivity index (χ3v) is 2.92. The zero-order valence-electron chi connectivity index (χ0n) is 11.7. The summed E-state index contributed by atoms with van der Waals surface area (Å²) in [5.41, 5.74) is 6.47. The predicted molar refractivity (Wildman–Crippen MR) is 82.0 cm³/mol. The molecule has 0 aliphatic rings. The maximum absolute atomic E-state index is 9.95. The molecule has 0 radical (unpaired) electrons. The van der Waals surface area contributed by atoms with Crippen molar-refractivity contribution >= 4 is 17.6 Å². The average Bonchev–Trinajstić information content (AvgIpc) is 2.45. The van der Waals surface area contributed by atoms with Crippen LogP contribution in [-0.4, -0.2) is 37.4 Å². The summed E-state index contributed by atoms with van der Waals surface area (Å²) in [6.45, 7) is 4.29. The smallest absolute Gasteiger partial charge is 0.188 e. The van der Waals surface area contributed by atoms with E-state index in [9.17, 15) is 5.11 Å². The lowest BCUT2D eigenvalue weighted by atomic mass is 10.1. The molecule has 1 atom stereocenters. The van der Waals surface area contributed by atoms with E-state index in [2.05, 4.69) is 10.3 Å². The SMILES string of the molecule is CCOCCCNC(N)=NC[C@@H](O)c1ccc(Cl)cc1. The van der Waals surface area contributed by atoms with Gasteiger partial charge in [0.05, 0.1) is 12.6 Å². The molecule has 0 bridgehead atoms. The van der Waals surface area contributed by atoms with Gasteiger partial charge in [0.15, 0.2) is 5.96 Å². The van der Waals surface area contributed by atoms with Gasteiger partial charge in [-0.05, 0) is 31.0 Å². The first-order valence-electron chi connectivity index (χ1n) is 6.68. The minimum atomic E-state index is -0.684. The van der Waals surface area contributed by atoms with Gasteiger partial charge in [0.25, 0.3) is 0 Å². The number of nitrogens with zero attached hydrogens (tertiary/aromatic N) is 1. The lowest BCUT2D eigenvalue weighted by Crippen LogP contribution is -2.33. The highest BCUT2D eigenvalue weighted by atomic mass is 35.5. The molecule has 0 aliphatic heterocycles. The molecule has 1 rings (SSSR count). The predicted octanol–water partition coefficient (Wildman–Crippen LogP) is 1.70. The number of hydrogen-bond donors (Lipinski definition) is 3. The molecule has 20 heavy (non-hydrogen) atoms. The summed E-state index contributed by atoms with van der Waals surface area (Å²) in [5.74, 6) is 0.328. The van der Waals surface area contributed by atoms with Crippen LogP contribution in [0.3, 0.4) is 0 Å². The second kappa shape index (κ2) is 9.58. The molecule has 0 saturated heterocycles. The number of hydrogen-bond acceptors (Lipinski definition) is 3. The lowest BCUT2D eigenvalue weighted by Gasteiger charge is -2.10. The fourth-order valence-electron chi connectivity index (χ4n) is 1.57. The summed E-state index contributed by atoms with van der Waals surface area (Å²) in [6.07, 6.45) is 0.181. The minimum Gasteiger partial charge on any atom is -0.386 e. The Labute approximate surface area is 124 Å². The van der Waals surface area contributed by atoms with Gasteiger partial charge in [-0.1, -0.05) is 23.7 Å². The van der Waals surface area contributed by atoms with E-state index in [0.29, 0.717) is 24.1 Å². The van der Waals surface area contributed by atoms with E-state index >= 15 is 0 Å². The molecular weight excluding hydrogens is 278 g/mol. The maximum Gasteiger partial charge on any atom is 0.188 e. The van der Waals surface area contributed by atoms with Gasteiger partial charge < -0.3 is 20.9 Å². The molecule has 0 unspecified atom stereocenters. The first kappa shape index (κ1) is 16.8. The topological polar surface area (TPSA) is 79.9 Å². The van der Waals surface area contributed by atoms with Gasteiger partial charge in [0, 0.05) is 24.8 Å². The number of rotatable bonds is 8. The zero-order valence-corrected chi connectivity index (χ0v) is 12.4. The zero-order chi connectivity index (χ0) is 14.8. The van der Waals surface area contributed by atoms with E-state index in [-0.39, 0.29) is 6.54 Å². The minimum absolute atomic E-state index is 0.214. The molecule has 5 nitrogen and oxygen atoms in total. The highest BCUT2D eigenvalue weighted by molar-refractivity contribution is 6.30.